The molecule has 1 aromatic carbocycles. The van der Waals surface area contributed by atoms with Crippen molar-refractivity contribution in [2.75, 3.05) is 20.2 Å². The number of likely N-dealkylation sites (tertiary alicyclic amines) is 1. The van der Waals surface area contributed by atoms with E-state index >= 15 is 0 Å². The molecule has 4 heteroatoms. The molecule has 1 amide bonds. The molecule has 104 valence electrons. The number of hydrogen-bond acceptors (Lipinski definition) is 2. The Morgan fingerprint density at radius 2 is 2.21 bits per heavy atom. The fraction of sp³-hybridized carbons (Fsp3) is 0.533. The lowest BCUT2D eigenvalue weighted by atomic mass is 9.97. The summed E-state index contributed by atoms with van der Waals surface area (Å²) in [5.74, 6) is 0.725. The SMILES string of the molecule is COc1ccc(C2CC(=O)N(CC(C)C)C2)c(F)c1. The highest BCUT2D eigenvalue weighted by Gasteiger charge is 2.32. The Bertz CT molecular complexity index is 473. The summed E-state index contributed by atoms with van der Waals surface area (Å²) in [6.45, 7) is 5.51. The van der Waals surface area contributed by atoms with Crippen LogP contribution >= 0.6 is 0 Å². The molecule has 0 aliphatic carbocycles. The van der Waals surface area contributed by atoms with Crippen LogP contribution in [-0.4, -0.2) is 31.0 Å². The van der Waals surface area contributed by atoms with Crippen LogP contribution in [0, 0.1) is 11.7 Å². The van der Waals surface area contributed by atoms with Crippen LogP contribution in [0.3, 0.4) is 0 Å². The number of benzene rings is 1. The maximum atomic E-state index is 14.0. The van der Waals surface area contributed by atoms with E-state index in [4.69, 9.17) is 4.74 Å². The molecule has 0 bridgehead atoms. The molecule has 0 aromatic heterocycles. The minimum Gasteiger partial charge on any atom is -0.497 e. The van der Waals surface area contributed by atoms with Gasteiger partial charge in [0.25, 0.3) is 0 Å². The number of rotatable bonds is 4. The molecule has 0 saturated carbocycles. The Balaban J connectivity index is 2.14. The molecule has 0 N–H and O–H groups in total. The Morgan fingerprint density at radius 1 is 1.47 bits per heavy atom. The Morgan fingerprint density at radius 3 is 2.79 bits per heavy atom. The summed E-state index contributed by atoms with van der Waals surface area (Å²) < 4.78 is 19.0. The van der Waals surface area contributed by atoms with Gasteiger partial charge in [-0.2, -0.15) is 0 Å². The van der Waals surface area contributed by atoms with E-state index in [-0.39, 0.29) is 17.6 Å². The quantitative estimate of drug-likeness (QED) is 0.837. The largest absolute Gasteiger partial charge is 0.497 e. The zero-order valence-corrected chi connectivity index (χ0v) is 11.6. The monoisotopic (exact) mass is 265 g/mol. The summed E-state index contributed by atoms with van der Waals surface area (Å²) in [5, 5.41) is 0. The standard InChI is InChI=1S/C15H20FNO2/c1-10(2)8-17-9-11(6-15(17)18)13-5-4-12(19-3)7-14(13)16/h4-5,7,10-11H,6,8-9H2,1-3H3. The van der Waals surface area contributed by atoms with E-state index < -0.39 is 0 Å². The summed E-state index contributed by atoms with van der Waals surface area (Å²) in [6, 6.07) is 4.85. The van der Waals surface area contributed by atoms with Gasteiger partial charge in [-0.25, -0.2) is 4.39 Å². The van der Waals surface area contributed by atoms with Gasteiger partial charge in [-0.15, -0.1) is 0 Å². The topological polar surface area (TPSA) is 29.5 Å². The van der Waals surface area contributed by atoms with Gasteiger partial charge < -0.3 is 9.64 Å². The van der Waals surface area contributed by atoms with Crippen LogP contribution in [-0.2, 0) is 4.79 Å². The molecule has 1 atom stereocenters. The van der Waals surface area contributed by atoms with Crippen molar-refractivity contribution >= 4 is 5.91 Å². The maximum absolute atomic E-state index is 14.0. The van der Waals surface area contributed by atoms with Gasteiger partial charge in [-0.3, -0.25) is 4.79 Å². The second-order valence-electron chi connectivity index (χ2n) is 5.48. The van der Waals surface area contributed by atoms with E-state index in [1.54, 1.807) is 12.1 Å². The van der Waals surface area contributed by atoms with Gasteiger partial charge in [-0.1, -0.05) is 19.9 Å². The molecule has 1 aliphatic rings. The van der Waals surface area contributed by atoms with Gasteiger partial charge in [0, 0.05) is 31.5 Å². The van der Waals surface area contributed by atoms with Gasteiger partial charge in [0.2, 0.25) is 5.91 Å². The molecule has 2 rings (SSSR count). The summed E-state index contributed by atoms with van der Waals surface area (Å²) in [6.07, 6.45) is 0.399. The number of halogens is 1. The molecule has 1 aromatic rings. The molecule has 1 unspecified atom stereocenters. The van der Waals surface area contributed by atoms with Crippen LogP contribution in [0.2, 0.25) is 0 Å². The van der Waals surface area contributed by atoms with E-state index in [0.29, 0.717) is 30.2 Å². The van der Waals surface area contributed by atoms with Crippen molar-refractivity contribution in [3.63, 3.8) is 0 Å². The first-order valence-electron chi connectivity index (χ1n) is 6.62. The first kappa shape index (κ1) is 13.8. The van der Waals surface area contributed by atoms with Crippen LogP contribution in [0.4, 0.5) is 4.39 Å². The molecule has 0 spiro atoms. The molecule has 1 aliphatic heterocycles. The van der Waals surface area contributed by atoms with Crippen LogP contribution in [0.5, 0.6) is 5.75 Å². The summed E-state index contributed by atoms with van der Waals surface area (Å²) in [5.41, 5.74) is 0.611. The second kappa shape index (κ2) is 5.59. The Labute approximate surface area is 113 Å². The van der Waals surface area contributed by atoms with Crippen molar-refractivity contribution in [1.29, 1.82) is 0 Å². The first-order chi connectivity index (χ1) is 9.01. The van der Waals surface area contributed by atoms with Gasteiger partial charge in [0.15, 0.2) is 0 Å². The van der Waals surface area contributed by atoms with Crippen molar-refractivity contribution in [3.05, 3.63) is 29.6 Å². The minimum absolute atomic E-state index is 0.0443. The maximum Gasteiger partial charge on any atom is 0.223 e. The highest BCUT2D eigenvalue weighted by molar-refractivity contribution is 5.79. The number of nitrogens with zero attached hydrogens (tertiary/aromatic N) is 1. The van der Waals surface area contributed by atoms with Crippen molar-refractivity contribution in [1.82, 2.24) is 4.90 Å². The van der Waals surface area contributed by atoms with E-state index in [0.717, 1.165) is 6.54 Å². The smallest absolute Gasteiger partial charge is 0.223 e. The van der Waals surface area contributed by atoms with Crippen LogP contribution < -0.4 is 4.74 Å². The van der Waals surface area contributed by atoms with Crippen molar-refractivity contribution in [2.45, 2.75) is 26.2 Å². The van der Waals surface area contributed by atoms with Crippen molar-refractivity contribution < 1.29 is 13.9 Å². The fourth-order valence-corrected chi connectivity index (χ4v) is 2.56. The van der Waals surface area contributed by atoms with E-state index in [1.807, 2.05) is 4.90 Å². The number of hydrogen-bond donors (Lipinski definition) is 0. The zero-order chi connectivity index (χ0) is 14.0. The lowest BCUT2D eigenvalue weighted by Gasteiger charge is -2.19. The molecule has 1 heterocycles. The number of carbonyl (C=O) groups excluding carboxylic acids is 1. The van der Waals surface area contributed by atoms with Gasteiger partial charge in [-0.05, 0) is 17.5 Å². The average molecular weight is 265 g/mol. The lowest BCUT2D eigenvalue weighted by Crippen LogP contribution is -2.29. The number of methoxy groups -OCH3 is 1. The van der Waals surface area contributed by atoms with Gasteiger partial charge in [0.1, 0.15) is 11.6 Å². The summed E-state index contributed by atoms with van der Waals surface area (Å²) >= 11 is 0. The molecular weight excluding hydrogens is 245 g/mol. The highest BCUT2D eigenvalue weighted by atomic mass is 19.1. The van der Waals surface area contributed by atoms with E-state index in [1.165, 1.54) is 13.2 Å². The second-order valence-corrected chi connectivity index (χ2v) is 5.48. The predicted octanol–water partition coefficient (Wildman–Crippen LogP) is 2.81. The highest BCUT2D eigenvalue weighted by Crippen LogP contribution is 2.31. The van der Waals surface area contributed by atoms with E-state index in [9.17, 15) is 9.18 Å². The van der Waals surface area contributed by atoms with Crippen LogP contribution in [0.25, 0.3) is 0 Å². The molecular formula is C15H20FNO2. The normalized spacial score (nSPS) is 19.3. The molecule has 3 nitrogen and oxygen atoms in total. The molecule has 1 saturated heterocycles. The third-order valence-corrected chi connectivity index (χ3v) is 3.45. The number of ether oxygens (including phenoxy) is 1. The first-order valence-corrected chi connectivity index (χ1v) is 6.62. The molecule has 0 radical (unpaired) electrons. The number of carbonyl (C=O) groups is 1. The van der Waals surface area contributed by atoms with E-state index in [2.05, 4.69) is 13.8 Å². The third-order valence-electron chi connectivity index (χ3n) is 3.45. The summed E-state index contributed by atoms with van der Waals surface area (Å²) in [7, 11) is 1.51. The predicted molar refractivity (Wildman–Crippen MR) is 71.7 cm³/mol. The third kappa shape index (κ3) is 3.06. The van der Waals surface area contributed by atoms with Crippen LogP contribution in [0.15, 0.2) is 18.2 Å². The van der Waals surface area contributed by atoms with Gasteiger partial charge >= 0.3 is 0 Å². The fourth-order valence-electron chi connectivity index (χ4n) is 2.56. The van der Waals surface area contributed by atoms with Gasteiger partial charge in [0.05, 0.1) is 7.11 Å². The summed E-state index contributed by atoms with van der Waals surface area (Å²) in [4.78, 5) is 13.7. The average Bonchev–Trinajstić information content (AvgIpc) is 2.69. The number of amides is 1. The lowest BCUT2D eigenvalue weighted by molar-refractivity contribution is -0.128. The van der Waals surface area contributed by atoms with Crippen LogP contribution in [0.1, 0.15) is 31.7 Å². The Hall–Kier alpha value is -1.58. The van der Waals surface area contributed by atoms with Crippen molar-refractivity contribution in [3.8, 4) is 5.75 Å². The van der Waals surface area contributed by atoms with Crippen molar-refractivity contribution in [2.24, 2.45) is 5.92 Å². The molecule has 1 fully saturated rings. The zero-order valence-electron chi connectivity index (χ0n) is 11.6. The Kier molecular flexibility index (Phi) is 4.08. The molecule has 19 heavy (non-hydrogen) atoms. The minimum atomic E-state index is -0.288.